The van der Waals surface area contributed by atoms with E-state index in [4.69, 9.17) is 12.8 Å². The van der Waals surface area contributed by atoms with Crippen LogP contribution in [0.25, 0.3) is 0 Å². The molecule has 1 aromatic rings. The molecular weight excluding hydrogens is 156 g/mol. The molecule has 0 N–H and O–H groups in total. The van der Waals surface area contributed by atoms with Crippen LogP contribution in [-0.4, -0.2) is 0 Å². The van der Waals surface area contributed by atoms with Crippen LogP contribution in [-0.2, 0) is 0 Å². The van der Waals surface area contributed by atoms with E-state index in [0.29, 0.717) is 0 Å². The standard InChI is InChI=1S/C13H12/c1-6-12-9(3)8-10(4)13(7-2)11(12)5/h1-2,8H,3-5H3. The van der Waals surface area contributed by atoms with Gasteiger partial charge in [0, 0.05) is 11.1 Å². The second-order valence-electron chi connectivity index (χ2n) is 3.17. The van der Waals surface area contributed by atoms with Gasteiger partial charge in [0.2, 0.25) is 0 Å². The molecule has 64 valence electrons. The molecule has 0 spiro atoms. The van der Waals surface area contributed by atoms with Gasteiger partial charge in [-0.25, -0.2) is 0 Å². The van der Waals surface area contributed by atoms with E-state index >= 15 is 0 Å². The summed E-state index contributed by atoms with van der Waals surface area (Å²) >= 11 is 0. The lowest BCUT2D eigenvalue weighted by Gasteiger charge is -2.09. The molecule has 1 aromatic carbocycles. The summed E-state index contributed by atoms with van der Waals surface area (Å²) in [6.45, 7) is 6.00. The maximum Gasteiger partial charge on any atom is 0.0313 e. The monoisotopic (exact) mass is 168 g/mol. The SMILES string of the molecule is C#Cc1c(C)cc(C)c(C#C)c1C. The lowest BCUT2D eigenvalue weighted by molar-refractivity contribution is 1.27. The van der Waals surface area contributed by atoms with E-state index in [1.54, 1.807) is 0 Å². The molecule has 0 unspecified atom stereocenters. The summed E-state index contributed by atoms with van der Waals surface area (Å²) in [5.41, 5.74) is 5.15. The van der Waals surface area contributed by atoms with Crippen LogP contribution in [0.4, 0.5) is 0 Å². The molecule has 0 radical (unpaired) electrons. The number of hydrogen-bond donors (Lipinski definition) is 0. The second-order valence-corrected chi connectivity index (χ2v) is 3.17. The Bertz CT molecular complexity index is 385. The third-order valence-corrected chi connectivity index (χ3v) is 2.26. The number of rotatable bonds is 0. The van der Waals surface area contributed by atoms with E-state index in [0.717, 1.165) is 27.8 Å². The van der Waals surface area contributed by atoms with Crippen molar-refractivity contribution in [3.63, 3.8) is 0 Å². The minimum absolute atomic E-state index is 0.929. The highest BCUT2D eigenvalue weighted by Crippen LogP contribution is 2.20. The number of hydrogen-bond acceptors (Lipinski definition) is 0. The van der Waals surface area contributed by atoms with Gasteiger partial charge < -0.3 is 0 Å². The van der Waals surface area contributed by atoms with Crippen molar-refractivity contribution in [1.29, 1.82) is 0 Å². The first-order chi connectivity index (χ1) is 6.11. The molecule has 0 fully saturated rings. The average Bonchev–Trinajstić information content (AvgIpc) is 2.04. The zero-order valence-corrected chi connectivity index (χ0v) is 8.23. The van der Waals surface area contributed by atoms with E-state index in [9.17, 15) is 0 Å². The van der Waals surface area contributed by atoms with Crippen LogP contribution in [0.5, 0.6) is 0 Å². The Balaban J connectivity index is 3.63. The minimum Gasteiger partial charge on any atom is -0.115 e. The summed E-state index contributed by atoms with van der Waals surface area (Å²) < 4.78 is 0. The maximum atomic E-state index is 5.41. The van der Waals surface area contributed by atoms with Gasteiger partial charge in [0.05, 0.1) is 0 Å². The Labute approximate surface area is 80.0 Å². The first-order valence-corrected chi connectivity index (χ1v) is 4.15. The molecule has 0 aliphatic heterocycles. The molecule has 0 nitrogen and oxygen atoms in total. The molecule has 0 aliphatic carbocycles. The van der Waals surface area contributed by atoms with Crippen LogP contribution < -0.4 is 0 Å². The topological polar surface area (TPSA) is 0 Å². The van der Waals surface area contributed by atoms with E-state index in [-0.39, 0.29) is 0 Å². The summed E-state index contributed by atoms with van der Waals surface area (Å²) in [6.07, 6.45) is 10.8. The number of aryl methyl sites for hydroxylation is 2. The third kappa shape index (κ3) is 1.44. The normalized spacial score (nSPS) is 9.00. The molecule has 0 aliphatic rings. The highest BCUT2D eigenvalue weighted by molar-refractivity contribution is 5.56. The Morgan fingerprint density at radius 2 is 1.31 bits per heavy atom. The smallest absolute Gasteiger partial charge is 0.0313 e. The first kappa shape index (κ1) is 9.43. The first-order valence-electron chi connectivity index (χ1n) is 4.15. The van der Waals surface area contributed by atoms with Crippen molar-refractivity contribution < 1.29 is 0 Å². The zero-order valence-electron chi connectivity index (χ0n) is 8.23. The van der Waals surface area contributed by atoms with Crippen molar-refractivity contribution in [2.24, 2.45) is 0 Å². The van der Waals surface area contributed by atoms with Gasteiger partial charge in [-0.2, -0.15) is 0 Å². The van der Waals surface area contributed by atoms with Crippen molar-refractivity contribution in [3.8, 4) is 24.7 Å². The quantitative estimate of drug-likeness (QED) is 0.522. The van der Waals surface area contributed by atoms with Gasteiger partial charge in [-0.3, -0.25) is 0 Å². The van der Waals surface area contributed by atoms with Gasteiger partial charge in [0.25, 0.3) is 0 Å². The predicted octanol–water partition coefficient (Wildman–Crippen LogP) is 2.57. The Kier molecular flexibility index (Phi) is 2.45. The molecule has 0 heteroatoms. The minimum atomic E-state index is 0.929. The molecule has 1 rings (SSSR count). The van der Waals surface area contributed by atoms with Crippen LogP contribution >= 0.6 is 0 Å². The van der Waals surface area contributed by atoms with Crippen molar-refractivity contribution in [2.75, 3.05) is 0 Å². The molecule has 0 heterocycles. The highest BCUT2D eigenvalue weighted by atomic mass is 14.1. The van der Waals surface area contributed by atoms with Crippen molar-refractivity contribution >= 4 is 0 Å². The molecular formula is C13H12. The van der Waals surface area contributed by atoms with Crippen LogP contribution in [0.1, 0.15) is 27.8 Å². The summed E-state index contributed by atoms with van der Waals surface area (Å²) in [4.78, 5) is 0. The molecule has 0 saturated heterocycles. The Hall–Kier alpha value is -1.66. The van der Waals surface area contributed by atoms with Crippen LogP contribution in [0.2, 0.25) is 0 Å². The summed E-state index contributed by atoms with van der Waals surface area (Å²) in [6, 6.07) is 2.04. The summed E-state index contributed by atoms with van der Waals surface area (Å²) in [5.74, 6) is 5.34. The van der Waals surface area contributed by atoms with E-state index < -0.39 is 0 Å². The summed E-state index contributed by atoms with van der Waals surface area (Å²) in [5, 5.41) is 0. The lowest BCUT2D eigenvalue weighted by Crippen LogP contribution is -1.95. The van der Waals surface area contributed by atoms with Gasteiger partial charge in [0.1, 0.15) is 0 Å². The highest BCUT2D eigenvalue weighted by Gasteiger charge is 2.06. The van der Waals surface area contributed by atoms with Gasteiger partial charge in [0.15, 0.2) is 0 Å². The van der Waals surface area contributed by atoms with Crippen molar-refractivity contribution in [2.45, 2.75) is 20.8 Å². The molecule has 0 saturated carbocycles. The van der Waals surface area contributed by atoms with Crippen LogP contribution in [0.3, 0.4) is 0 Å². The maximum absolute atomic E-state index is 5.41. The fourth-order valence-electron chi connectivity index (χ4n) is 1.63. The van der Waals surface area contributed by atoms with Gasteiger partial charge in [-0.1, -0.05) is 17.9 Å². The number of benzene rings is 1. The average molecular weight is 168 g/mol. The predicted molar refractivity (Wildman–Crippen MR) is 56.5 cm³/mol. The largest absolute Gasteiger partial charge is 0.115 e. The van der Waals surface area contributed by atoms with E-state index in [2.05, 4.69) is 11.8 Å². The molecule has 0 atom stereocenters. The Morgan fingerprint density at radius 3 is 1.62 bits per heavy atom. The fraction of sp³-hybridized carbons (Fsp3) is 0.231. The molecule has 0 amide bonds. The van der Waals surface area contributed by atoms with Crippen LogP contribution in [0, 0.1) is 45.5 Å². The number of terminal acetylenes is 2. The lowest BCUT2D eigenvalue weighted by atomic mass is 9.94. The molecule has 13 heavy (non-hydrogen) atoms. The molecule has 0 aromatic heterocycles. The van der Waals surface area contributed by atoms with Crippen molar-refractivity contribution in [3.05, 3.63) is 33.9 Å². The Morgan fingerprint density at radius 1 is 0.923 bits per heavy atom. The van der Waals surface area contributed by atoms with Gasteiger partial charge in [-0.05, 0) is 37.5 Å². The van der Waals surface area contributed by atoms with E-state index in [1.807, 2.05) is 26.8 Å². The van der Waals surface area contributed by atoms with E-state index in [1.165, 1.54) is 0 Å². The van der Waals surface area contributed by atoms with Crippen molar-refractivity contribution in [1.82, 2.24) is 0 Å². The van der Waals surface area contributed by atoms with Gasteiger partial charge in [-0.15, -0.1) is 12.8 Å². The fourth-order valence-corrected chi connectivity index (χ4v) is 1.63. The zero-order chi connectivity index (χ0) is 10.0. The second kappa shape index (κ2) is 3.38. The molecule has 0 bridgehead atoms. The van der Waals surface area contributed by atoms with Gasteiger partial charge >= 0.3 is 0 Å². The summed E-state index contributed by atoms with van der Waals surface area (Å²) in [7, 11) is 0. The third-order valence-electron chi connectivity index (χ3n) is 2.26. The van der Waals surface area contributed by atoms with Crippen LogP contribution in [0.15, 0.2) is 6.07 Å².